The number of hydrogen-bond donors (Lipinski definition) is 1. The van der Waals surface area contributed by atoms with E-state index in [0.29, 0.717) is 0 Å². The molecule has 0 aliphatic rings. The summed E-state index contributed by atoms with van der Waals surface area (Å²) >= 11 is 0. The monoisotopic (exact) mass is 249 g/mol. The number of nitrogen functional groups attached to an aromatic ring is 1. The van der Waals surface area contributed by atoms with Crippen molar-refractivity contribution in [1.82, 2.24) is 4.98 Å². The maximum absolute atomic E-state index is 13.5. The van der Waals surface area contributed by atoms with Crippen LogP contribution in [-0.2, 0) is 0 Å². The molecule has 0 aliphatic carbocycles. The summed E-state index contributed by atoms with van der Waals surface area (Å²) in [5.41, 5.74) is 5.18. The average Bonchev–Trinajstić information content (AvgIpc) is 2.34. The molecule has 6 nitrogen and oxygen atoms in total. The van der Waals surface area contributed by atoms with Crippen molar-refractivity contribution in [2.45, 2.75) is 0 Å². The first kappa shape index (κ1) is 11.8. The van der Waals surface area contributed by atoms with E-state index in [1.54, 1.807) is 6.07 Å². The highest BCUT2D eigenvalue weighted by atomic mass is 19.1. The highest BCUT2D eigenvalue weighted by Crippen LogP contribution is 2.29. The smallest absolute Gasteiger partial charge is 0.272 e. The van der Waals surface area contributed by atoms with E-state index in [-0.39, 0.29) is 23.0 Å². The van der Waals surface area contributed by atoms with Gasteiger partial charge in [-0.1, -0.05) is 0 Å². The van der Waals surface area contributed by atoms with E-state index in [1.165, 1.54) is 18.3 Å². The van der Waals surface area contributed by atoms with Gasteiger partial charge in [0, 0.05) is 12.3 Å². The average molecular weight is 249 g/mol. The van der Waals surface area contributed by atoms with Crippen LogP contribution in [0, 0.1) is 15.9 Å². The van der Waals surface area contributed by atoms with Crippen LogP contribution in [0.25, 0.3) is 0 Å². The Morgan fingerprint density at radius 2 is 2.11 bits per heavy atom. The molecule has 2 N–H and O–H groups in total. The van der Waals surface area contributed by atoms with Gasteiger partial charge in [0.15, 0.2) is 23.1 Å². The minimum absolute atomic E-state index is 0.107. The normalized spacial score (nSPS) is 10.1. The number of ether oxygens (including phenoxy) is 1. The Labute approximate surface area is 101 Å². The van der Waals surface area contributed by atoms with Crippen molar-refractivity contribution in [2.75, 3.05) is 5.73 Å². The molecule has 0 spiro atoms. The Morgan fingerprint density at radius 1 is 1.33 bits per heavy atom. The van der Waals surface area contributed by atoms with Gasteiger partial charge in [0.2, 0.25) is 0 Å². The molecule has 0 atom stereocenters. The summed E-state index contributed by atoms with van der Waals surface area (Å²) in [7, 11) is 0. The summed E-state index contributed by atoms with van der Waals surface area (Å²) in [6.07, 6.45) is 1.47. The SMILES string of the molecule is Nc1ncccc1Oc1ccc([N+](=O)[O-])cc1F. The highest BCUT2D eigenvalue weighted by molar-refractivity contribution is 5.48. The third kappa shape index (κ3) is 2.34. The number of rotatable bonds is 3. The molecule has 0 amide bonds. The van der Waals surface area contributed by atoms with Crippen LogP contribution < -0.4 is 10.5 Å². The van der Waals surface area contributed by atoms with E-state index in [1.807, 2.05) is 0 Å². The lowest BCUT2D eigenvalue weighted by molar-refractivity contribution is -0.385. The number of nitrogens with two attached hydrogens (primary N) is 1. The van der Waals surface area contributed by atoms with Gasteiger partial charge in [-0.15, -0.1) is 0 Å². The largest absolute Gasteiger partial charge is 0.450 e. The van der Waals surface area contributed by atoms with Gasteiger partial charge in [-0.2, -0.15) is 0 Å². The minimum atomic E-state index is -0.840. The van der Waals surface area contributed by atoms with Crippen LogP contribution in [0.2, 0.25) is 0 Å². The van der Waals surface area contributed by atoms with E-state index < -0.39 is 10.7 Å². The van der Waals surface area contributed by atoms with E-state index in [0.717, 1.165) is 12.1 Å². The molecule has 1 aromatic heterocycles. The molecule has 1 aromatic carbocycles. The zero-order chi connectivity index (χ0) is 13.1. The summed E-state index contributed by atoms with van der Waals surface area (Å²) in [5.74, 6) is -0.701. The number of nitrogens with zero attached hydrogens (tertiary/aromatic N) is 2. The summed E-state index contributed by atoms with van der Waals surface area (Å²) in [4.78, 5) is 13.5. The molecule has 0 fully saturated rings. The number of nitro benzene ring substituents is 1. The lowest BCUT2D eigenvalue weighted by Gasteiger charge is -2.07. The molecular weight excluding hydrogens is 241 g/mol. The molecule has 0 saturated heterocycles. The summed E-state index contributed by atoms with van der Waals surface area (Å²) in [5, 5.41) is 10.4. The molecule has 0 saturated carbocycles. The molecule has 2 rings (SSSR count). The van der Waals surface area contributed by atoms with E-state index >= 15 is 0 Å². The van der Waals surface area contributed by atoms with Gasteiger partial charge in [0.25, 0.3) is 5.69 Å². The fourth-order valence-electron chi connectivity index (χ4n) is 1.29. The summed E-state index contributed by atoms with van der Waals surface area (Å²) < 4.78 is 18.7. The Bertz CT molecular complexity index is 604. The maximum Gasteiger partial charge on any atom is 0.272 e. The molecule has 7 heteroatoms. The quantitative estimate of drug-likeness (QED) is 0.666. The molecular formula is C11H8FN3O3. The fraction of sp³-hybridized carbons (Fsp3) is 0. The third-order valence-corrected chi connectivity index (χ3v) is 2.15. The van der Waals surface area contributed by atoms with Gasteiger partial charge in [-0.25, -0.2) is 9.37 Å². The van der Waals surface area contributed by atoms with Gasteiger partial charge in [-0.3, -0.25) is 10.1 Å². The predicted molar refractivity (Wildman–Crippen MR) is 61.8 cm³/mol. The molecule has 18 heavy (non-hydrogen) atoms. The standard InChI is InChI=1S/C11H8FN3O3/c12-8-6-7(15(16)17)3-4-9(8)18-10-2-1-5-14-11(10)13/h1-6H,(H2,13,14). The fourth-order valence-corrected chi connectivity index (χ4v) is 1.29. The number of benzene rings is 1. The van der Waals surface area contributed by atoms with Crippen molar-refractivity contribution in [2.24, 2.45) is 0 Å². The second kappa shape index (κ2) is 4.66. The molecule has 92 valence electrons. The van der Waals surface area contributed by atoms with Gasteiger partial charge < -0.3 is 10.5 Å². The van der Waals surface area contributed by atoms with E-state index in [4.69, 9.17) is 10.5 Å². The predicted octanol–water partition coefficient (Wildman–Crippen LogP) is 2.50. The number of nitro groups is 1. The molecule has 1 heterocycles. The van der Waals surface area contributed by atoms with Gasteiger partial charge >= 0.3 is 0 Å². The van der Waals surface area contributed by atoms with E-state index in [2.05, 4.69) is 4.98 Å². The van der Waals surface area contributed by atoms with Crippen LogP contribution in [0.1, 0.15) is 0 Å². The number of non-ortho nitro benzene ring substituents is 1. The van der Waals surface area contributed by atoms with Crippen molar-refractivity contribution in [3.8, 4) is 11.5 Å². The number of hydrogen-bond acceptors (Lipinski definition) is 5. The second-order valence-corrected chi connectivity index (χ2v) is 3.36. The van der Waals surface area contributed by atoms with Crippen molar-refractivity contribution in [3.63, 3.8) is 0 Å². The minimum Gasteiger partial charge on any atom is -0.450 e. The van der Waals surface area contributed by atoms with E-state index in [9.17, 15) is 14.5 Å². The maximum atomic E-state index is 13.5. The first-order valence-corrected chi connectivity index (χ1v) is 4.90. The van der Waals surface area contributed by atoms with Gasteiger partial charge in [-0.05, 0) is 18.2 Å². The first-order chi connectivity index (χ1) is 8.58. The Balaban J connectivity index is 2.30. The molecule has 2 aromatic rings. The number of pyridine rings is 1. The van der Waals surface area contributed by atoms with Crippen LogP contribution in [0.5, 0.6) is 11.5 Å². The highest BCUT2D eigenvalue weighted by Gasteiger charge is 2.13. The lowest BCUT2D eigenvalue weighted by atomic mass is 10.3. The summed E-state index contributed by atoms with van der Waals surface area (Å²) in [6.45, 7) is 0. The summed E-state index contributed by atoms with van der Waals surface area (Å²) in [6, 6.07) is 6.19. The molecule has 0 radical (unpaired) electrons. The van der Waals surface area contributed by atoms with Gasteiger partial charge in [0.1, 0.15) is 0 Å². The van der Waals surface area contributed by atoms with Crippen LogP contribution in [-0.4, -0.2) is 9.91 Å². The number of aromatic nitrogens is 1. The molecule has 0 unspecified atom stereocenters. The Kier molecular flexibility index (Phi) is 3.05. The Hall–Kier alpha value is -2.70. The van der Waals surface area contributed by atoms with Crippen LogP contribution in [0.3, 0.4) is 0 Å². The number of anilines is 1. The first-order valence-electron chi connectivity index (χ1n) is 4.90. The molecule has 0 aliphatic heterocycles. The number of halogens is 1. The zero-order valence-corrected chi connectivity index (χ0v) is 9.04. The van der Waals surface area contributed by atoms with Crippen LogP contribution in [0.4, 0.5) is 15.9 Å². The Morgan fingerprint density at radius 3 is 2.72 bits per heavy atom. The van der Waals surface area contributed by atoms with Gasteiger partial charge in [0.05, 0.1) is 11.0 Å². The second-order valence-electron chi connectivity index (χ2n) is 3.36. The van der Waals surface area contributed by atoms with Crippen LogP contribution in [0.15, 0.2) is 36.5 Å². The lowest BCUT2D eigenvalue weighted by Crippen LogP contribution is -1.96. The topological polar surface area (TPSA) is 91.3 Å². The third-order valence-electron chi connectivity index (χ3n) is 2.15. The van der Waals surface area contributed by atoms with Crippen molar-refractivity contribution in [3.05, 3.63) is 52.5 Å². The van der Waals surface area contributed by atoms with Crippen molar-refractivity contribution < 1.29 is 14.1 Å². The zero-order valence-electron chi connectivity index (χ0n) is 9.04. The van der Waals surface area contributed by atoms with Crippen LogP contribution >= 0.6 is 0 Å². The molecule has 0 bridgehead atoms. The van der Waals surface area contributed by atoms with Crippen molar-refractivity contribution in [1.29, 1.82) is 0 Å². The van der Waals surface area contributed by atoms with Crippen molar-refractivity contribution >= 4 is 11.5 Å².